The Labute approximate surface area is 106 Å². The molecule has 0 bridgehead atoms. The van der Waals surface area contributed by atoms with Crippen molar-refractivity contribution in [2.45, 2.75) is 36.4 Å². The molecule has 0 saturated carbocycles. The minimum Gasteiger partial charge on any atom is -0.480 e. The fourth-order valence-electron chi connectivity index (χ4n) is 2.15. The average Bonchev–Trinajstić information content (AvgIpc) is 2.55. The minimum atomic E-state index is -0.766. The highest BCUT2D eigenvalue weighted by atomic mass is 32.2. The zero-order valence-corrected chi connectivity index (χ0v) is 10.8. The van der Waals surface area contributed by atoms with Gasteiger partial charge in [-0.1, -0.05) is 30.3 Å². The lowest BCUT2D eigenvalue weighted by Crippen LogP contribution is -2.44. The molecule has 0 aliphatic carbocycles. The molecule has 3 nitrogen and oxygen atoms in total. The van der Waals surface area contributed by atoms with Crippen molar-refractivity contribution in [2.75, 3.05) is 0 Å². The molecule has 2 atom stereocenters. The minimum absolute atomic E-state index is 0.175. The summed E-state index contributed by atoms with van der Waals surface area (Å²) in [5.41, 5.74) is 1.24. The summed E-state index contributed by atoms with van der Waals surface area (Å²) in [7, 11) is 0. The molecule has 92 valence electrons. The van der Waals surface area contributed by atoms with E-state index in [0.29, 0.717) is 0 Å². The molecule has 1 aromatic carbocycles. The van der Waals surface area contributed by atoms with Crippen LogP contribution in [0.2, 0.25) is 0 Å². The zero-order valence-electron chi connectivity index (χ0n) is 10.0. The number of nitrogens with one attached hydrogen (secondary N) is 1. The predicted octanol–water partition coefficient (Wildman–Crippen LogP) is 2.12. The number of carboxylic acid groups (broad SMARTS) is 1. The number of carbonyl (C=O) groups is 1. The average molecular weight is 251 g/mol. The van der Waals surface area contributed by atoms with Crippen LogP contribution in [-0.2, 0) is 11.2 Å². The van der Waals surface area contributed by atoms with E-state index in [9.17, 15) is 4.79 Å². The summed E-state index contributed by atoms with van der Waals surface area (Å²) in [5, 5.41) is 12.5. The van der Waals surface area contributed by atoms with Crippen molar-refractivity contribution in [2.24, 2.45) is 0 Å². The van der Waals surface area contributed by atoms with E-state index in [0.717, 1.165) is 6.42 Å². The van der Waals surface area contributed by atoms with E-state index in [-0.39, 0.29) is 10.1 Å². The second kappa shape index (κ2) is 4.70. The van der Waals surface area contributed by atoms with Gasteiger partial charge in [0, 0.05) is 4.75 Å². The number of benzene rings is 1. The van der Waals surface area contributed by atoms with Crippen LogP contribution in [0.25, 0.3) is 0 Å². The number of aliphatic carboxylic acids is 1. The van der Waals surface area contributed by atoms with Gasteiger partial charge >= 0.3 is 5.97 Å². The number of hydrogen-bond acceptors (Lipinski definition) is 3. The van der Waals surface area contributed by atoms with E-state index in [1.165, 1.54) is 5.56 Å². The van der Waals surface area contributed by atoms with Crippen LogP contribution < -0.4 is 5.32 Å². The van der Waals surface area contributed by atoms with E-state index in [4.69, 9.17) is 5.11 Å². The Morgan fingerprint density at radius 1 is 1.41 bits per heavy atom. The Morgan fingerprint density at radius 3 is 2.59 bits per heavy atom. The molecule has 1 aliphatic heterocycles. The van der Waals surface area contributed by atoms with E-state index >= 15 is 0 Å². The third-order valence-electron chi connectivity index (χ3n) is 3.00. The molecule has 0 radical (unpaired) electrons. The monoisotopic (exact) mass is 251 g/mol. The Morgan fingerprint density at radius 2 is 2.06 bits per heavy atom. The predicted molar refractivity (Wildman–Crippen MR) is 70.2 cm³/mol. The first kappa shape index (κ1) is 12.5. The summed E-state index contributed by atoms with van der Waals surface area (Å²) in [6, 6.07) is 9.68. The SMILES string of the molecule is CC1(C)SC(Cc2ccccc2)N[C@H]1C(=O)O. The number of thioether (sulfide) groups is 1. The maximum atomic E-state index is 11.1. The molecule has 2 N–H and O–H groups in total. The van der Waals surface area contributed by atoms with Crippen molar-refractivity contribution >= 4 is 17.7 Å². The van der Waals surface area contributed by atoms with Gasteiger partial charge in [0.2, 0.25) is 0 Å². The van der Waals surface area contributed by atoms with E-state index in [2.05, 4.69) is 17.4 Å². The van der Waals surface area contributed by atoms with E-state index in [1.807, 2.05) is 32.0 Å². The summed E-state index contributed by atoms with van der Waals surface area (Å²) in [6.45, 7) is 3.96. The second-order valence-electron chi connectivity index (χ2n) is 4.84. The highest BCUT2D eigenvalue weighted by Gasteiger charge is 2.44. The summed E-state index contributed by atoms with van der Waals surface area (Å²) in [4.78, 5) is 11.1. The summed E-state index contributed by atoms with van der Waals surface area (Å²) >= 11 is 1.71. The van der Waals surface area contributed by atoms with Gasteiger partial charge in [-0.15, -0.1) is 11.8 Å². The lowest BCUT2D eigenvalue weighted by atomic mass is 10.0. The van der Waals surface area contributed by atoms with Crippen LogP contribution in [0.15, 0.2) is 30.3 Å². The molecule has 1 unspecified atom stereocenters. The summed E-state index contributed by atoms with van der Waals surface area (Å²) in [5.74, 6) is -0.766. The fourth-order valence-corrected chi connectivity index (χ4v) is 3.67. The number of carboxylic acids is 1. The molecular weight excluding hydrogens is 234 g/mol. The Hall–Kier alpha value is -1.00. The first-order valence-corrected chi connectivity index (χ1v) is 6.57. The van der Waals surface area contributed by atoms with Gasteiger partial charge in [-0.05, 0) is 25.8 Å². The largest absolute Gasteiger partial charge is 0.480 e. The van der Waals surface area contributed by atoms with Gasteiger partial charge < -0.3 is 5.11 Å². The van der Waals surface area contributed by atoms with Gasteiger partial charge in [0.25, 0.3) is 0 Å². The van der Waals surface area contributed by atoms with E-state index < -0.39 is 12.0 Å². The number of rotatable bonds is 3. The van der Waals surface area contributed by atoms with Gasteiger partial charge in [0.15, 0.2) is 0 Å². The van der Waals surface area contributed by atoms with Crippen molar-refractivity contribution in [3.8, 4) is 0 Å². The van der Waals surface area contributed by atoms with E-state index in [1.54, 1.807) is 11.8 Å². The molecule has 0 aromatic heterocycles. The molecule has 1 heterocycles. The van der Waals surface area contributed by atoms with Crippen LogP contribution in [0.4, 0.5) is 0 Å². The lowest BCUT2D eigenvalue weighted by molar-refractivity contribution is -0.139. The molecule has 1 saturated heterocycles. The fraction of sp³-hybridized carbons (Fsp3) is 0.462. The first-order chi connectivity index (χ1) is 7.99. The van der Waals surface area contributed by atoms with Gasteiger partial charge in [-0.25, -0.2) is 0 Å². The second-order valence-corrected chi connectivity index (χ2v) is 6.69. The van der Waals surface area contributed by atoms with Crippen LogP contribution in [0, 0.1) is 0 Å². The summed E-state index contributed by atoms with van der Waals surface area (Å²) in [6.07, 6.45) is 0.860. The Balaban J connectivity index is 2.04. The maximum Gasteiger partial charge on any atom is 0.322 e. The topological polar surface area (TPSA) is 49.3 Å². The van der Waals surface area contributed by atoms with Crippen LogP contribution in [0.5, 0.6) is 0 Å². The first-order valence-electron chi connectivity index (χ1n) is 5.69. The van der Waals surface area contributed by atoms with Crippen LogP contribution in [0.1, 0.15) is 19.4 Å². The van der Waals surface area contributed by atoms with Crippen molar-refractivity contribution in [3.63, 3.8) is 0 Å². The molecule has 1 aromatic rings. The standard InChI is InChI=1S/C13H17NO2S/c1-13(2)11(12(15)16)14-10(17-13)8-9-6-4-3-5-7-9/h3-7,10-11,14H,8H2,1-2H3,(H,15,16)/t10?,11-/m0/s1. The Kier molecular flexibility index (Phi) is 3.45. The quantitative estimate of drug-likeness (QED) is 0.864. The zero-order chi connectivity index (χ0) is 12.5. The molecule has 4 heteroatoms. The highest BCUT2D eigenvalue weighted by Crippen LogP contribution is 2.38. The van der Waals surface area contributed by atoms with Gasteiger partial charge in [-0.2, -0.15) is 0 Å². The third kappa shape index (κ3) is 2.82. The lowest BCUT2D eigenvalue weighted by Gasteiger charge is -2.20. The van der Waals surface area contributed by atoms with Gasteiger partial charge in [0.1, 0.15) is 6.04 Å². The van der Waals surface area contributed by atoms with Crippen LogP contribution in [0.3, 0.4) is 0 Å². The molecule has 0 amide bonds. The van der Waals surface area contributed by atoms with Crippen molar-refractivity contribution in [3.05, 3.63) is 35.9 Å². The summed E-state index contributed by atoms with van der Waals surface area (Å²) < 4.78 is -0.259. The van der Waals surface area contributed by atoms with Crippen LogP contribution >= 0.6 is 11.8 Å². The smallest absolute Gasteiger partial charge is 0.322 e. The molecular formula is C13H17NO2S. The molecule has 1 fully saturated rings. The molecule has 0 spiro atoms. The Bertz CT molecular complexity index is 405. The van der Waals surface area contributed by atoms with Crippen molar-refractivity contribution < 1.29 is 9.90 Å². The van der Waals surface area contributed by atoms with Crippen molar-refractivity contribution in [1.82, 2.24) is 5.32 Å². The number of hydrogen-bond donors (Lipinski definition) is 2. The maximum absolute atomic E-state index is 11.1. The third-order valence-corrected chi connectivity index (χ3v) is 4.44. The molecule has 1 aliphatic rings. The molecule has 2 rings (SSSR count). The highest BCUT2D eigenvalue weighted by molar-refractivity contribution is 8.01. The normalized spacial score (nSPS) is 26.9. The van der Waals surface area contributed by atoms with Gasteiger partial charge in [-0.3, -0.25) is 10.1 Å². The van der Waals surface area contributed by atoms with Gasteiger partial charge in [0.05, 0.1) is 5.37 Å². The molecule has 17 heavy (non-hydrogen) atoms. The van der Waals surface area contributed by atoms with Crippen LogP contribution in [-0.4, -0.2) is 27.2 Å². The van der Waals surface area contributed by atoms with Crippen molar-refractivity contribution in [1.29, 1.82) is 0 Å².